The number of aliphatic carboxylic acids is 1. The normalized spacial score (nSPS) is 11.1. The van der Waals surface area contributed by atoms with Gasteiger partial charge in [-0.3, -0.25) is 9.59 Å². The van der Waals surface area contributed by atoms with Gasteiger partial charge >= 0.3 is 13.1 Å². The van der Waals surface area contributed by atoms with Crippen molar-refractivity contribution in [2.24, 2.45) is 11.7 Å². The summed E-state index contributed by atoms with van der Waals surface area (Å²) in [7, 11) is -1.38. The van der Waals surface area contributed by atoms with Gasteiger partial charge in [-0.1, -0.05) is 26.7 Å². The molecular weight excluding hydrogens is 263 g/mol. The van der Waals surface area contributed by atoms with Crippen molar-refractivity contribution in [1.29, 1.82) is 0 Å². The second-order valence-electron chi connectivity index (χ2n) is 4.59. The molecule has 0 heterocycles. The molecule has 20 heavy (non-hydrogen) atoms. The Bertz CT molecular complexity index is 264. The van der Waals surface area contributed by atoms with Gasteiger partial charge in [0.2, 0.25) is 5.91 Å². The quantitative estimate of drug-likeness (QED) is 0.374. The highest BCUT2D eigenvalue weighted by Gasteiger charge is 2.15. The highest BCUT2D eigenvalue weighted by atomic mass is 16.4. The Morgan fingerprint density at radius 3 is 2.25 bits per heavy atom. The van der Waals surface area contributed by atoms with Crippen LogP contribution in [-0.4, -0.2) is 47.2 Å². The summed E-state index contributed by atoms with van der Waals surface area (Å²) in [5.74, 6) is -1.49. The van der Waals surface area contributed by atoms with Crippen LogP contribution in [0.2, 0.25) is 6.32 Å². The Hall–Kier alpha value is -1.12. The first-order valence-electron chi connectivity index (χ1n) is 6.91. The summed E-state index contributed by atoms with van der Waals surface area (Å²) >= 11 is 0. The largest absolute Gasteiger partial charge is 0.481 e. The maximum absolute atomic E-state index is 10.9. The number of carboxylic acid groups (broad SMARTS) is 1. The van der Waals surface area contributed by atoms with Gasteiger partial charge in [0.25, 0.3) is 0 Å². The monoisotopic (exact) mass is 290 g/mol. The third kappa shape index (κ3) is 16.9. The highest BCUT2D eigenvalue weighted by molar-refractivity contribution is 6.40. The SMILES string of the molecule is CCC.NCC(=O)NCC(CCCB(O)O)CC(=O)O. The summed E-state index contributed by atoms with van der Waals surface area (Å²) in [6.45, 7) is 4.36. The highest BCUT2D eigenvalue weighted by Crippen LogP contribution is 2.13. The van der Waals surface area contributed by atoms with Gasteiger partial charge in [-0.2, -0.15) is 0 Å². The molecule has 0 saturated carbocycles. The lowest BCUT2D eigenvalue weighted by molar-refractivity contribution is -0.138. The van der Waals surface area contributed by atoms with E-state index in [1.165, 1.54) is 6.42 Å². The maximum atomic E-state index is 10.9. The van der Waals surface area contributed by atoms with Crippen LogP contribution in [0.5, 0.6) is 0 Å². The molecule has 0 aliphatic carbocycles. The van der Waals surface area contributed by atoms with Crippen LogP contribution in [0.1, 0.15) is 39.5 Å². The van der Waals surface area contributed by atoms with Crippen LogP contribution >= 0.6 is 0 Å². The number of carboxylic acids is 1. The molecule has 0 radical (unpaired) electrons. The summed E-state index contributed by atoms with van der Waals surface area (Å²) in [4.78, 5) is 21.5. The fraction of sp³-hybridized carbons (Fsp3) is 0.833. The molecule has 0 aliphatic heterocycles. The van der Waals surface area contributed by atoms with Crippen molar-refractivity contribution in [3.05, 3.63) is 0 Å². The van der Waals surface area contributed by atoms with Crippen LogP contribution in [0.15, 0.2) is 0 Å². The maximum Gasteiger partial charge on any atom is 0.451 e. The second kappa shape index (κ2) is 14.3. The zero-order valence-electron chi connectivity index (χ0n) is 12.3. The Morgan fingerprint density at radius 2 is 1.85 bits per heavy atom. The van der Waals surface area contributed by atoms with E-state index in [1.807, 2.05) is 0 Å². The summed E-state index contributed by atoms with van der Waals surface area (Å²) in [6, 6.07) is 0. The number of carbonyl (C=O) groups is 2. The molecule has 0 rings (SSSR count). The van der Waals surface area contributed by atoms with Crippen molar-refractivity contribution >= 4 is 19.0 Å². The molecule has 118 valence electrons. The zero-order valence-corrected chi connectivity index (χ0v) is 12.3. The minimum Gasteiger partial charge on any atom is -0.481 e. The Labute approximate surface area is 120 Å². The van der Waals surface area contributed by atoms with E-state index in [2.05, 4.69) is 19.2 Å². The van der Waals surface area contributed by atoms with E-state index in [1.54, 1.807) is 0 Å². The molecule has 0 aromatic heterocycles. The van der Waals surface area contributed by atoms with Crippen LogP contribution < -0.4 is 11.1 Å². The van der Waals surface area contributed by atoms with Gasteiger partial charge in [-0.15, -0.1) is 0 Å². The van der Waals surface area contributed by atoms with E-state index >= 15 is 0 Å². The second-order valence-corrected chi connectivity index (χ2v) is 4.59. The van der Waals surface area contributed by atoms with Gasteiger partial charge in [0, 0.05) is 13.0 Å². The molecule has 1 unspecified atom stereocenters. The number of carbonyl (C=O) groups excluding carboxylic acids is 1. The Morgan fingerprint density at radius 1 is 1.30 bits per heavy atom. The van der Waals surface area contributed by atoms with Gasteiger partial charge in [-0.05, 0) is 18.7 Å². The molecule has 0 aromatic rings. The van der Waals surface area contributed by atoms with E-state index in [4.69, 9.17) is 20.9 Å². The van der Waals surface area contributed by atoms with Gasteiger partial charge in [-0.25, -0.2) is 0 Å². The fourth-order valence-electron chi connectivity index (χ4n) is 1.44. The van der Waals surface area contributed by atoms with Gasteiger partial charge in [0.1, 0.15) is 0 Å². The van der Waals surface area contributed by atoms with Gasteiger partial charge in [0.15, 0.2) is 0 Å². The number of hydrogen-bond donors (Lipinski definition) is 5. The van der Waals surface area contributed by atoms with E-state index in [-0.39, 0.29) is 37.7 Å². The molecule has 0 aliphatic rings. The first-order valence-corrected chi connectivity index (χ1v) is 6.91. The van der Waals surface area contributed by atoms with Crippen molar-refractivity contribution < 1.29 is 24.7 Å². The van der Waals surface area contributed by atoms with E-state index in [0.717, 1.165) is 0 Å². The van der Waals surface area contributed by atoms with Crippen molar-refractivity contribution in [3.63, 3.8) is 0 Å². The molecule has 0 bridgehead atoms. The number of rotatable bonds is 9. The molecule has 8 heteroatoms. The molecule has 0 spiro atoms. The molecule has 1 amide bonds. The lowest BCUT2D eigenvalue weighted by Crippen LogP contribution is -2.34. The predicted octanol–water partition coefficient (Wildman–Crippen LogP) is -0.178. The van der Waals surface area contributed by atoms with Crippen LogP contribution in [0, 0.1) is 5.92 Å². The van der Waals surface area contributed by atoms with Crippen LogP contribution in [0.3, 0.4) is 0 Å². The van der Waals surface area contributed by atoms with Crippen LogP contribution in [-0.2, 0) is 9.59 Å². The minimum atomic E-state index is -1.38. The van der Waals surface area contributed by atoms with E-state index < -0.39 is 13.1 Å². The summed E-state index contributed by atoms with van der Waals surface area (Å²) in [6.07, 6.45) is 2.39. The summed E-state index contributed by atoms with van der Waals surface area (Å²) < 4.78 is 0. The van der Waals surface area contributed by atoms with Crippen molar-refractivity contribution in [2.45, 2.75) is 45.9 Å². The Kier molecular flexibility index (Phi) is 15.1. The third-order valence-electron chi connectivity index (χ3n) is 2.31. The molecule has 0 fully saturated rings. The topological polar surface area (TPSA) is 133 Å². The number of nitrogens with one attached hydrogen (secondary N) is 1. The zero-order chi connectivity index (χ0) is 16.0. The molecular formula is C12H27BN2O5. The number of hydrogen-bond acceptors (Lipinski definition) is 5. The van der Waals surface area contributed by atoms with Crippen molar-refractivity contribution in [1.82, 2.24) is 5.32 Å². The van der Waals surface area contributed by atoms with Gasteiger partial charge in [0.05, 0.1) is 6.54 Å². The molecule has 7 nitrogen and oxygen atoms in total. The smallest absolute Gasteiger partial charge is 0.451 e. The van der Waals surface area contributed by atoms with E-state index in [0.29, 0.717) is 12.8 Å². The van der Waals surface area contributed by atoms with Gasteiger partial charge < -0.3 is 26.2 Å². The standard InChI is InChI=1S/C9H19BN2O5.C3H8/c11-5-8(13)12-6-7(4-9(14)15)2-1-3-10(16)17;1-3-2/h7,16-17H,1-6,11H2,(H,12,13)(H,14,15);3H2,1-2H3. The van der Waals surface area contributed by atoms with Crippen molar-refractivity contribution in [3.8, 4) is 0 Å². The minimum absolute atomic E-state index is 0.0631. The number of nitrogens with two attached hydrogens (primary N) is 1. The average molecular weight is 290 g/mol. The first kappa shape index (κ1) is 21.2. The van der Waals surface area contributed by atoms with E-state index in [9.17, 15) is 9.59 Å². The lowest BCUT2D eigenvalue weighted by Gasteiger charge is -2.15. The molecule has 0 saturated heterocycles. The van der Waals surface area contributed by atoms with Crippen LogP contribution in [0.4, 0.5) is 0 Å². The fourth-order valence-corrected chi connectivity index (χ4v) is 1.44. The first-order chi connectivity index (χ1) is 9.37. The average Bonchev–Trinajstić information content (AvgIpc) is 2.35. The van der Waals surface area contributed by atoms with Crippen molar-refractivity contribution in [2.75, 3.05) is 13.1 Å². The molecule has 0 aromatic carbocycles. The lowest BCUT2D eigenvalue weighted by atomic mass is 9.82. The molecule has 6 N–H and O–H groups in total. The summed E-state index contributed by atoms with van der Waals surface area (Å²) in [5, 5.41) is 28.5. The molecule has 1 atom stereocenters. The number of amides is 1. The third-order valence-corrected chi connectivity index (χ3v) is 2.31. The Balaban J connectivity index is 0. The van der Waals surface area contributed by atoms with Crippen LogP contribution in [0.25, 0.3) is 0 Å². The predicted molar refractivity (Wildman–Crippen MR) is 78.0 cm³/mol. The summed E-state index contributed by atoms with van der Waals surface area (Å²) in [5.41, 5.74) is 5.10.